The van der Waals surface area contributed by atoms with E-state index >= 15 is 0 Å². The van der Waals surface area contributed by atoms with Crippen molar-refractivity contribution in [3.63, 3.8) is 0 Å². The van der Waals surface area contributed by atoms with Crippen molar-refractivity contribution in [3.05, 3.63) is 228 Å². The van der Waals surface area contributed by atoms with Crippen molar-refractivity contribution in [1.82, 2.24) is 15.0 Å². The molecule has 5 heteroatoms. The average Bonchev–Trinajstić information content (AvgIpc) is 3.29. The Morgan fingerprint density at radius 1 is 0.379 bits per heavy atom. The van der Waals surface area contributed by atoms with Crippen molar-refractivity contribution in [2.24, 2.45) is 0 Å². The molecule has 0 unspecified atom stereocenters. The molecule has 11 rings (SSSR count). The van der Waals surface area contributed by atoms with E-state index in [0.29, 0.717) is 17.5 Å². The van der Waals surface area contributed by atoms with Crippen LogP contribution in [0.15, 0.2) is 210 Å². The predicted octanol–water partition coefficient (Wildman–Crippen LogP) is 13.5. The Labute approximate surface area is 342 Å². The van der Waals surface area contributed by atoms with E-state index < -0.39 is 5.41 Å². The molecule has 0 amide bonds. The number of rotatable bonds is 5. The molecule has 0 bridgehead atoms. The molecule has 0 saturated carbocycles. The van der Waals surface area contributed by atoms with E-state index in [0.717, 1.165) is 44.9 Å². The van der Waals surface area contributed by atoms with Gasteiger partial charge in [-0.3, -0.25) is 0 Å². The van der Waals surface area contributed by atoms with Crippen molar-refractivity contribution in [2.45, 2.75) is 22.1 Å². The van der Waals surface area contributed by atoms with Crippen LogP contribution in [0.5, 0.6) is 0 Å². The van der Waals surface area contributed by atoms with Gasteiger partial charge in [0, 0.05) is 32.2 Å². The number of hydrogen-bond acceptors (Lipinski definition) is 5. The second kappa shape index (κ2) is 13.8. The number of nitrogens with zero attached hydrogens (tertiary/aromatic N) is 4. The van der Waals surface area contributed by atoms with Gasteiger partial charge >= 0.3 is 0 Å². The van der Waals surface area contributed by atoms with Crippen LogP contribution in [0.2, 0.25) is 0 Å². The summed E-state index contributed by atoms with van der Waals surface area (Å²) in [7, 11) is 0. The fourth-order valence-corrected chi connectivity index (χ4v) is 9.99. The van der Waals surface area contributed by atoms with Crippen LogP contribution in [0.4, 0.5) is 17.1 Å². The lowest BCUT2D eigenvalue weighted by molar-refractivity contribution is 0.692. The average molecular weight is 761 g/mol. The summed E-state index contributed by atoms with van der Waals surface area (Å²) in [4.78, 5) is 20.6. The van der Waals surface area contributed by atoms with Gasteiger partial charge in [-0.15, -0.1) is 0 Å². The molecule has 0 fully saturated rings. The molecular formula is C53H36N4S. The summed E-state index contributed by atoms with van der Waals surface area (Å²) < 4.78 is 0. The molecule has 1 spiro atoms. The second-order valence-electron chi connectivity index (χ2n) is 14.9. The summed E-state index contributed by atoms with van der Waals surface area (Å²) in [6.07, 6.45) is 0. The molecular weight excluding hydrogens is 725 g/mol. The molecule has 2 aliphatic rings. The first kappa shape index (κ1) is 34.2. The van der Waals surface area contributed by atoms with Crippen molar-refractivity contribution in [3.8, 4) is 45.3 Å². The van der Waals surface area contributed by atoms with E-state index in [2.05, 4.69) is 194 Å². The number of benzene rings is 8. The molecule has 0 aliphatic carbocycles. The van der Waals surface area contributed by atoms with Crippen LogP contribution >= 0.6 is 11.8 Å². The lowest BCUT2D eigenvalue weighted by Gasteiger charge is -2.49. The standard InChI is InChI=1S/C53H36N4S/c1-35-27-29-36(30-28-35)38-17-14-18-39(33-38)51-54-50(37-15-4-2-5-16-37)55-52(56-51)40-31-32-47-45(34-40)53(42-21-8-11-24-46(42)57(47)41-19-6-3-7-20-41)43-22-9-12-25-48(43)58-49-26-13-10-23-44(49)53/h2-34H,1H3. The largest absolute Gasteiger partial charge is 0.310 e. The maximum absolute atomic E-state index is 5.30. The van der Waals surface area contributed by atoms with Gasteiger partial charge in [-0.1, -0.05) is 163 Å². The van der Waals surface area contributed by atoms with Crippen LogP contribution in [0, 0.1) is 6.92 Å². The molecule has 0 saturated heterocycles. The SMILES string of the molecule is Cc1ccc(-c2cccc(-c3nc(-c4ccccc4)nc(-c4ccc5c(c4)C4(c6ccccc6Sc6ccccc64)c4ccccc4N5c4ccccc4)n3)c2)cc1. The first-order valence-corrected chi connectivity index (χ1v) is 20.4. The van der Waals surface area contributed by atoms with Crippen molar-refractivity contribution in [2.75, 3.05) is 4.90 Å². The van der Waals surface area contributed by atoms with E-state index in [1.165, 1.54) is 37.6 Å². The maximum Gasteiger partial charge on any atom is 0.164 e. The molecule has 0 radical (unpaired) electrons. The first-order chi connectivity index (χ1) is 28.6. The van der Waals surface area contributed by atoms with Gasteiger partial charge in [0.2, 0.25) is 0 Å². The topological polar surface area (TPSA) is 41.9 Å². The Hall–Kier alpha value is -7.08. The molecule has 58 heavy (non-hydrogen) atoms. The van der Waals surface area contributed by atoms with Crippen molar-refractivity contribution >= 4 is 28.8 Å². The van der Waals surface area contributed by atoms with Crippen LogP contribution in [-0.4, -0.2) is 15.0 Å². The number of hydrogen-bond donors (Lipinski definition) is 0. The van der Waals surface area contributed by atoms with E-state index in [4.69, 9.17) is 15.0 Å². The summed E-state index contributed by atoms with van der Waals surface area (Å²) in [6.45, 7) is 2.11. The second-order valence-corrected chi connectivity index (χ2v) is 16.0. The first-order valence-electron chi connectivity index (χ1n) is 19.6. The zero-order valence-electron chi connectivity index (χ0n) is 31.7. The number of para-hydroxylation sites is 2. The van der Waals surface area contributed by atoms with Gasteiger partial charge in [0.15, 0.2) is 17.5 Å². The zero-order valence-corrected chi connectivity index (χ0v) is 32.6. The van der Waals surface area contributed by atoms with E-state index in [1.54, 1.807) is 0 Å². The smallest absolute Gasteiger partial charge is 0.164 e. The zero-order chi connectivity index (χ0) is 38.6. The Kier molecular flexibility index (Phi) is 8.16. The summed E-state index contributed by atoms with van der Waals surface area (Å²) in [5, 5.41) is 0. The normalized spacial score (nSPS) is 13.3. The van der Waals surface area contributed by atoms with Crippen LogP contribution in [0.25, 0.3) is 45.3 Å². The van der Waals surface area contributed by atoms with Gasteiger partial charge in [0.05, 0.1) is 16.8 Å². The van der Waals surface area contributed by atoms with Crippen molar-refractivity contribution < 1.29 is 0 Å². The number of aryl methyl sites for hydroxylation is 1. The molecule has 3 heterocycles. The highest BCUT2D eigenvalue weighted by atomic mass is 32.2. The van der Waals surface area contributed by atoms with E-state index in [-0.39, 0.29) is 0 Å². The molecule has 8 aromatic carbocycles. The fraction of sp³-hybridized carbons (Fsp3) is 0.0377. The maximum atomic E-state index is 5.30. The minimum Gasteiger partial charge on any atom is -0.310 e. The molecule has 9 aromatic rings. The third-order valence-corrected chi connectivity index (χ3v) is 12.6. The predicted molar refractivity (Wildman–Crippen MR) is 237 cm³/mol. The summed E-state index contributed by atoms with van der Waals surface area (Å²) in [6, 6.07) is 71.6. The quantitative estimate of drug-likeness (QED) is 0.175. The van der Waals surface area contributed by atoms with Crippen LogP contribution in [0.3, 0.4) is 0 Å². The third kappa shape index (κ3) is 5.50. The molecule has 274 valence electrons. The number of aromatic nitrogens is 3. The monoisotopic (exact) mass is 760 g/mol. The van der Waals surface area contributed by atoms with Gasteiger partial charge < -0.3 is 4.90 Å². The van der Waals surface area contributed by atoms with Crippen molar-refractivity contribution in [1.29, 1.82) is 0 Å². The van der Waals surface area contributed by atoms with Crippen LogP contribution in [0.1, 0.15) is 27.8 Å². The van der Waals surface area contributed by atoms with E-state index in [9.17, 15) is 0 Å². The minimum atomic E-state index is -0.619. The minimum absolute atomic E-state index is 0.619. The molecule has 4 nitrogen and oxygen atoms in total. The van der Waals surface area contributed by atoms with Crippen LogP contribution in [-0.2, 0) is 5.41 Å². The lowest BCUT2D eigenvalue weighted by atomic mass is 9.62. The molecule has 2 aliphatic heterocycles. The van der Waals surface area contributed by atoms with E-state index in [1.807, 2.05) is 30.0 Å². The van der Waals surface area contributed by atoms with Gasteiger partial charge in [0.1, 0.15) is 0 Å². The van der Waals surface area contributed by atoms with Gasteiger partial charge in [-0.2, -0.15) is 0 Å². The highest BCUT2D eigenvalue weighted by molar-refractivity contribution is 7.99. The van der Waals surface area contributed by atoms with Gasteiger partial charge in [0.25, 0.3) is 0 Å². The van der Waals surface area contributed by atoms with Crippen LogP contribution < -0.4 is 4.90 Å². The fourth-order valence-electron chi connectivity index (χ4n) is 8.80. The summed E-state index contributed by atoms with van der Waals surface area (Å²) >= 11 is 1.85. The van der Waals surface area contributed by atoms with Gasteiger partial charge in [-0.05, 0) is 94.9 Å². The number of fused-ring (bicyclic) bond motifs is 8. The molecule has 0 atom stereocenters. The molecule has 1 aromatic heterocycles. The highest BCUT2D eigenvalue weighted by Gasteiger charge is 2.50. The lowest BCUT2D eigenvalue weighted by Crippen LogP contribution is -2.39. The summed E-state index contributed by atoms with van der Waals surface area (Å²) in [5.41, 5.74) is 14.0. The third-order valence-electron chi connectivity index (χ3n) is 11.4. The van der Waals surface area contributed by atoms with Gasteiger partial charge in [-0.25, -0.2) is 15.0 Å². The Morgan fingerprint density at radius 3 is 1.57 bits per heavy atom. The highest BCUT2D eigenvalue weighted by Crippen LogP contribution is 2.63. The Balaban J connectivity index is 1.18. The summed E-state index contributed by atoms with van der Waals surface area (Å²) in [5.74, 6) is 1.89. The Morgan fingerprint density at radius 2 is 0.879 bits per heavy atom. The molecule has 0 N–H and O–H groups in total. The Bertz CT molecular complexity index is 2950. The number of anilines is 3.